The van der Waals surface area contributed by atoms with Crippen LogP contribution in [-0.4, -0.2) is 43.8 Å². The summed E-state index contributed by atoms with van der Waals surface area (Å²) in [4.78, 5) is 28.2. The molecule has 0 aliphatic heterocycles. The Morgan fingerprint density at radius 1 is 0.897 bits per heavy atom. The topological polar surface area (TPSA) is 86.8 Å². The van der Waals surface area contributed by atoms with Gasteiger partial charge in [-0.05, 0) is 81.3 Å². The van der Waals surface area contributed by atoms with Crippen LogP contribution < -0.4 is 9.62 Å². The largest absolute Gasteiger partial charge is 0.352 e. The van der Waals surface area contributed by atoms with Crippen LogP contribution in [-0.2, 0) is 26.2 Å². The number of nitrogens with one attached hydrogen (secondary N) is 1. The van der Waals surface area contributed by atoms with E-state index in [1.54, 1.807) is 56.3 Å². The van der Waals surface area contributed by atoms with Crippen LogP contribution in [0.4, 0.5) is 5.69 Å². The summed E-state index contributed by atoms with van der Waals surface area (Å²) in [6, 6.07) is 16.4. The van der Waals surface area contributed by atoms with Gasteiger partial charge in [-0.3, -0.25) is 13.9 Å². The van der Waals surface area contributed by atoms with Crippen molar-refractivity contribution in [3.05, 3.63) is 92.9 Å². The van der Waals surface area contributed by atoms with Gasteiger partial charge >= 0.3 is 0 Å². The number of rotatable bonds is 10. The van der Waals surface area contributed by atoms with Crippen molar-refractivity contribution in [1.29, 1.82) is 0 Å². The van der Waals surface area contributed by atoms with Gasteiger partial charge in [0.05, 0.1) is 20.6 Å². The summed E-state index contributed by atoms with van der Waals surface area (Å²) in [7, 11) is -4.18. The third-order valence-electron chi connectivity index (χ3n) is 6.00. The van der Waals surface area contributed by atoms with Gasteiger partial charge in [0.15, 0.2) is 0 Å². The van der Waals surface area contributed by atoms with Crippen LogP contribution in [0.5, 0.6) is 0 Å². The number of anilines is 1. The molecule has 7 nitrogen and oxygen atoms in total. The van der Waals surface area contributed by atoms with Crippen LogP contribution >= 0.6 is 34.8 Å². The lowest BCUT2D eigenvalue weighted by atomic mass is 10.1. The van der Waals surface area contributed by atoms with Crippen LogP contribution in [0.2, 0.25) is 15.1 Å². The molecule has 0 aliphatic rings. The minimum Gasteiger partial charge on any atom is -0.352 e. The number of aryl methyl sites for hydroxylation is 1. The summed E-state index contributed by atoms with van der Waals surface area (Å²) in [5, 5.41) is 3.84. The van der Waals surface area contributed by atoms with E-state index in [0.29, 0.717) is 31.9 Å². The lowest BCUT2D eigenvalue weighted by molar-refractivity contribution is -0.139. The molecule has 0 bridgehead atoms. The molecular weight excluding hydrogens is 581 g/mol. The van der Waals surface area contributed by atoms with E-state index in [4.69, 9.17) is 34.8 Å². The molecular formula is C28H30Cl3N3O4S. The van der Waals surface area contributed by atoms with Gasteiger partial charge in [0.2, 0.25) is 11.8 Å². The molecule has 0 saturated carbocycles. The third-order valence-corrected chi connectivity index (χ3v) is 8.76. The van der Waals surface area contributed by atoms with E-state index in [0.717, 1.165) is 4.31 Å². The monoisotopic (exact) mass is 609 g/mol. The van der Waals surface area contributed by atoms with Crippen LogP contribution in [0.1, 0.15) is 31.9 Å². The second-order valence-electron chi connectivity index (χ2n) is 9.36. The first-order valence-corrected chi connectivity index (χ1v) is 14.8. The standard InChI is InChI=1S/C28H30Cl3N3O4S/c1-18(2)32-28(36)20(4)33(16-21-9-14-24(30)25(31)15-21)27(35)17-34(26-8-6-5-7-19(26)3)39(37,38)23-12-10-22(29)11-13-23/h5-15,18,20H,16-17H2,1-4H3,(H,32,36). The molecule has 1 unspecified atom stereocenters. The molecule has 39 heavy (non-hydrogen) atoms. The maximum atomic E-state index is 13.9. The normalized spacial score (nSPS) is 12.2. The molecule has 0 fully saturated rings. The highest BCUT2D eigenvalue weighted by Gasteiger charge is 2.33. The maximum Gasteiger partial charge on any atom is 0.264 e. The first kappa shape index (κ1) is 30.8. The summed E-state index contributed by atoms with van der Waals surface area (Å²) in [5.41, 5.74) is 1.63. The smallest absolute Gasteiger partial charge is 0.264 e. The number of para-hydroxylation sites is 1. The fourth-order valence-corrected chi connectivity index (χ4v) is 5.84. The quantitative estimate of drug-likeness (QED) is 0.301. The SMILES string of the molecule is Cc1ccccc1N(CC(=O)N(Cc1ccc(Cl)c(Cl)c1)C(C)C(=O)NC(C)C)S(=O)(=O)c1ccc(Cl)cc1. The molecule has 2 amide bonds. The Morgan fingerprint density at radius 3 is 2.13 bits per heavy atom. The third kappa shape index (κ3) is 7.66. The van der Waals surface area contributed by atoms with Crippen molar-refractivity contribution >= 4 is 62.3 Å². The number of hydrogen-bond acceptors (Lipinski definition) is 4. The number of carbonyl (C=O) groups is 2. The number of nitrogens with zero attached hydrogens (tertiary/aromatic N) is 2. The van der Waals surface area contributed by atoms with E-state index < -0.39 is 28.5 Å². The maximum absolute atomic E-state index is 13.9. The Morgan fingerprint density at radius 2 is 1.54 bits per heavy atom. The molecule has 0 saturated heterocycles. The van der Waals surface area contributed by atoms with Crippen LogP contribution in [0.15, 0.2) is 71.6 Å². The summed E-state index contributed by atoms with van der Waals surface area (Å²) in [6.45, 7) is 6.44. The fourth-order valence-electron chi connectivity index (χ4n) is 3.91. The molecule has 0 heterocycles. The lowest BCUT2D eigenvalue weighted by Crippen LogP contribution is -2.52. The molecule has 1 N–H and O–H groups in total. The molecule has 0 aromatic heterocycles. The number of hydrogen-bond donors (Lipinski definition) is 1. The highest BCUT2D eigenvalue weighted by atomic mass is 35.5. The molecule has 0 aliphatic carbocycles. The summed E-state index contributed by atoms with van der Waals surface area (Å²) < 4.78 is 28.7. The van der Waals surface area contributed by atoms with Crippen molar-refractivity contribution in [1.82, 2.24) is 10.2 Å². The number of carbonyl (C=O) groups excluding carboxylic acids is 2. The van der Waals surface area contributed by atoms with Crippen molar-refractivity contribution in [3.8, 4) is 0 Å². The lowest BCUT2D eigenvalue weighted by Gasteiger charge is -2.32. The van der Waals surface area contributed by atoms with Gasteiger partial charge in [-0.15, -0.1) is 0 Å². The minimum atomic E-state index is -4.18. The van der Waals surface area contributed by atoms with Gasteiger partial charge in [0, 0.05) is 17.6 Å². The van der Waals surface area contributed by atoms with Gasteiger partial charge in [-0.25, -0.2) is 8.42 Å². The van der Waals surface area contributed by atoms with Gasteiger partial charge in [-0.2, -0.15) is 0 Å². The molecule has 1 atom stereocenters. The van der Waals surface area contributed by atoms with E-state index >= 15 is 0 Å². The highest BCUT2D eigenvalue weighted by Crippen LogP contribution is 2.28. The Bertz CT molecular complexity index is 1450. The zero-order chi connectivity index (χ0) is 28.9. The first-order valence-electron chi connectivity index (χ1n) is 12.2. The van der Waals surface area contributed by atoms with Crippen LogP contribution in [0, 0.1) is 6.92 Å². The number of amides is 2. The number of halogens is 3. The average molecular weight is 611 g/mol. The molecule has 0 radical (unpaired) electrons. The summed E-state index contributed by atoms with van der Waals surface area (Å²) >= 11 is 18.2. The Labute approximate surface area is 244 Å². The number of sulfonamides is 1. The minimum absolute atomic E-state index is 0.00497. The first-order chi connectivity index (χ1) is 18.3. The van der Waals surface area contributed by atoms with Gasteiger partial charge in [-0.1, -0.05) is 59.1 Å². The van der Waals surface area contributed by atoms with Crippen molar-refractivity contribution < 1.29 is 18.0 Å². The van der Waals surface area contributed by atoms with Gasteiger partial charge in [0.1, 0.15) is 12.6 Å². The van der Waals surface area contributed by atoms with Crippen LogP contribution in [0.3, 0.4) is 0 Å². The second-order valence-corrected chi connectivity index (χ2v) is 12.5. The fraction of sp³-hybridized carbons (Fsp3) is 0.286. The predicted octanol–water partition coefficient (Wildman–Crippen LogP) is 6.09. The summed E-state index contributed by atoms with van der Waals surface area (Å²) in [5.74, 6) is -0.949. The second kappa shape index (κ2) is 13.0. The van der Waals surface area contributed by atoms with E-state index in [1.165, 1.54) is 29.2 Å². The van der Waals surface area contributed by atoms with E-state index in [1.807, 2.05) is 13.8 Å². The van der Waals surface area contributed by atoms with Gasteiger partial charge in [0.25, 0.3) is 10.0 Å². The average Bonchev–Trinajstić information content (AvgIpc) is 2.87. The van der Waals surface area contributed by atoms with Crippen molar-refractivity contribution in [2.75, 3.05) is 10.8 Å². The van der Waals surface area contributed by atoms with E-state index in [9.17, 15) is 18.0 Å². The van der Waals surface area contributed by atoms with E-state index in [2.05, 4.69) is 5.32 Å². The van der Waals surface area contributed by atoms with Crippen molar-refractivity contribution in [2.24, 2.45) is 0 Å². The molecule has 3 aromatic rings. The highest BCUT2D eigenvalue weighted by molar-refractivity contribution is 7.92. The molecule has 11 heteroatoms. The van der Waals surface area contributed by atoms with Crippen LogP contribution in [0.25, 0.3) is 0 Å². The predicted molar refractivity (Wildman–Crippen MR) is 157 cm³/mol. The summed E-state index contributed by atoms with van der Waals surface area (Å²) in [6.07, 6.45) is 0. The molecule has 208 valence electrons. The van der Waals surface area contributed by atoms with Crippen molar-refractivity contribution in [3.63, 3.8) is 0 Å². The van der Waals surface area contributed by atoms with Gasteiger partial charge < -0.3 is 10.2 Å². The van der Waals surface area contributed by atoms with Crippen molar-refractivity contribution in [2.45, 2.75) is 51.2 Å². The molecule has 0 spiro atoms. The zero-order valence-corrected chi connectivity index (χ0v) is 25.1. The Kier molecular flexibility index (Phi) is 10.3. The molecule has 3 rings (SSSR count). The zero-order valence-electron chi connectivity index (χ0n) is 22.0. The number of benzene rings is 3. The Balaban J connectivity index is 2.05. The molecule has 3 aromatic carbocycles. The van der Waals surface area contributed by atoms with E-state index in [-0.39, 0.29) is 23.4 Å². The Hall–Kier alpha value is -2.78.